The van der Waals surface area contributed by atoms with E-state index >= 15 is 0 Å². The van der Waals surface area contributed by atoms with E-state index in [2.05, 4.69) is 15.0 Å². The number of hydrogen-bond donors (Lipinski definition) is 0. The Hall–Kier alpha value is -2.83. The quantitative estimate of drug-likeness (QED) is 0.552. The Morgan fingerprint density at radius 1 is 1.21 bits per heavy atom. The Kier molecular flexibility index (Phi) is 5.43. The first-order valence-electron chi connectivity index (χ1n) is 8.07. The molecule has 0 unspecified atom stereocenters. The fraction of sp³-hybridized carbons (Fsp3) is 0.312. The van der Waals surface area contributed by atoms with E-state index in [0.29, 0.717) is 6.07 Å². The van der Waals surface area contributed by atoms with E-state index in [1.54, 1.807) is 0 Å². The molecule has 0 atom stereocenters. The first-order chi connectivity index (χ1) is 13.5. The zero-order valence-electron chi connectivity index (χ0n) is 14.7. The molecule has 13 heteroatoms. The monoisotopic (exact) mass is 436 g/mol. The summed E-state index contributed by atoms with van der Waals surface area (Å²) in [6, 6.07) is 1.74. The number of fused-ring (bicyclic) bond motifs is 1. The van der Waals surface area contributed by atoms with Crippen LogP contribution in [0.4, 0.5) is 22.0 Å². The van der Waals surface area contributed by atoms with Crippen LogP contribution in [0.2, 0.25) is 0 Å². The molecular weight excluding hydrogens is 423 g/mol. The van der Waals surface area contributed by atoms with Gasteiger partial charge in [0, 0.05) is 18.3 Å². The van der Waals surface area contributed by atoms with Gasteiger partial charge in [0.1, 0.15) is 41.4 Å². The van der Waals surface area contributed by atoms with Crippen molar-refractivity contribution in [2.75, 3.05) is 12.4 Å². The second-order valence-electron chi connectivity index (χ2n) is 5.79. The summed E-state index contributed by atoms with van der Waals surface area (Å²) in [7, 11) is -3.88. The molecule has 3 aromatic rings. The van der Waals surface area contributed by atoms with Gasteiger partial charge in [-0.15, -0.1) is 0 Å². The fourth-order valence-electron chi connectivity index (χ4n) is 2.41. The molecule has 3 heterocycles. The number of pyridine rings is 1. The van der Waals surface area contributed by atoms with Crippen LogP contribution in [0.15, 0.2) is 35.7 Å². The lowest BCUT2D eigenvalue weighted by Crippen LogP contribution is -2.10. The molecule has 0 saturated heterocycles. The third-order valence-corrected chi connectivity index (χ3v) is 5.54. The van der Waals surface area contributed by atoms with Crippen LogP contribution in [-0.2, 0) is 16.0 Å². The highest BCUT2D eigenvalue weighted by molar-refractivity contribution is 7.91. The van der Waals surface area contributed by atoms with Crippen molar-refractivity contribution in [3.8, 4) is 17.1 Å². The predicted molar refractivity (Wildman–Crippen MR) is 90.4 cm³/mol. The van der Waals surface area contributed by atoms with Gasteiger partial charge in [-0.3, -0.25) is 4.40 Å². The summed E-state index contributed by atoms with van der Waals surface area (Å²) in [5, 5.41) is 0. The van der Waals surface area contributed by atoms with Crippen molar-refractivity contribution >= 4 is 15.5 Å². The number of nitrogens with zero attached hydrogens (tertiary/aromatic N) is 4. The lowest BCUT2D eigenvalue weighted by molar-refractivity contribution is -0.141. The summed E-state index contributed by atoms with van der Waals surface area (Å²) in [6.45, 7) is 0.419. The molecule has 7 nitrogen and oxygen atoms in total. The van der Waals surface area contributed by atoms with Gasteiger partial charge < -0.3 is 4.74 Å². The van der Waals surface area contributed by atoms with Crippen molar-refractivity contribution in [2.24, 2.45) is 0 Å². The summed E-state index contributed by atoms with van der Waals surface area (Å²) < 4.78 is 94.0. The van der Waals surface area contributed by atoms with Gasteiger partial charge in [-0.25, -0.2) is 32.2 Å². The lowest BCUT2D eigenvalue weighted by atomic mass is 10.3. The van der Waals surface area contributed by atoms with Crippen LogP contribution in [0, 0.1) is 0 Å². The van der Waals surface area contributed by atoms with Crippen molar-refractivity contribution in [3.63, 3.8) is 0 Å². The second kappa shape index (κ2) is 7.54. The van der Waals surface area contributed by atoms with Crippen LogP contribution in [0.1, 0.15) is 12.6 Å². The standard InChI is InChI=1S/C16H13F5N4O3S/c1-2-29(26,27)11-3-9(28-7-13(17)18)5-22-15(11)10-6-25-8-23-12(16(19,20)21)4-14(25)24-10/h3-6,8,13H,2,7H2,1H3. The summed E-state index contributed by atoms with van der Waals surface area (Å²) in [4.78, 5) is 10.9. The van der Waals surface area contributed by atoms with Gasteiger partial charge in [0.2, 0.25) is 0 Å². The molecule has 0 aliphatic heterocycles. The number of rotatable bonds is 6. The number of imidazole rings is 1. The van der Waals surface area contributed by atoms with Crippen molar-refractivity contribution in [3.05, 3.63) is 36.5 Å². The highest BCUT2D eigenvalue weighted by Crippen LogP contribution is 2.31. The fourth-order valence-corrected chi connectivity index (χ4v) is 3.47. The van der Waals surface area contributed by atoms with E-state index in [-0.39, 0.29) is 33.4 Å². The van der Waals surface area contributed by atoms with Gasteiger partial charge in [0.05, 0.1) is 16.8 Å². The number of sulfone groups is 1. The zero-order chi connectivity index (χ0) is 21.4. The highest BCUT2D eigenvalue weighted by atomic mass is 32.2. The molecule has 156 valence electrons. The van der Waals surface area contributed by atoms with Crippen LogP contribution < -0.4 is 4.74 Å². The van der Waals surface area contributed by atoms with Crippen LogP contribution in [0.3, 0.4) is 0 Å². The summed E-state index contributed by atoms with van der Waals surface area (Å²) in [6.07, 6.45) is -4.25. The zero-order valence-corrected chi connectivity index (χ0v) is 15.5. The Balaban J connectivity index is 2.11. The summed E-state index contributed by atoms with van der Waals surface area (Å²) >= 11 is 0. The first kappa shape index (κ1) is 20.9. The molecule has 3 rings (SSSR count). The van der Waals surface area contributed by atoms with Crippen LogP contribution in [0.25, 0.3) is 17.0 Å². The van der Waals surface area contributed by atoms with E-state index < -0.39 is 34.7 Å². The molecular formula is C16H13F5N4O3S. The van der Waals surface area contributed by atoms with Crippen molar-refractivity contribution in [2.45, 2.75) is 24.4 Å². The van der Waals surface area contributed by atoms with Gasteiger partial charge >= 0.3 is 6.18 Å². The Labute approximate surface area is 161 Å². The molecule has 0 N–H and O–H groups in total. The van der Waals surface area contributed by atoms with E-state index in [1.165, 1.54) is 17.5 Å². The summed E-state index contributed by atoms with van der Waals surface area (Å²) in [5.41, 5.74) is -1.46. The van der Waals surface area contributed by atoms with Gasteiger partial charge in [-0.2, -0.15) is 13.2 Å². The van der Waals surface area contributed by atoms with Crippen LogP contribution in [-0.4, -0.2) is 46.6 Å². The third-order valence-electron chi connectivity index (χ3n) is 3.80. The minimum Gasteiger partial charge on any atom is -0.486 e. The van der Waals surface area contributed by atoms with Crippen LogP contribution in [0.5, 0.6) is 5.75 Å². The average Bonchev–Trinajstić information content (AvgIpc) is 3.08. The van der Waals surface area contributed by atoms with E-state index in [4.69, 9.17) is 4.74 Å². The number of halogens is 5. The van der Waals surface area contributed by atoms with E-state index in [9.17, 15) is 30.4 Å². The molecule has 3 aromatic heterocycles. The Bertz CT molecular complexity index is 1150. The number of alkyl halides is 5. The molecule has 0 bridgehead atoms. The molecule has 0 aliphatic carbocycles. The molecule has 0 fully saturated rings. The number of aromatic nitrogens is 4. The van der Waals surface area contributed by atoms with Crippen molar-refractivity contribution in [1.29, 1.82) is 0 Å². The molecule has 0 amide bonds. The molecule has 0 saturated carbocycles. The second-order valence-corrected chi connectivity index (χ2v) is 8.03. The van der Waals surface area contributed by atoms with E-state index in [1.807, 2.05) is 0 Å². The maximum atomic E-state index is 12.8. The molecule has 0 radical (unpaired) electrons. The van der Waals surface area contributed by atoms with Gasteiger partial charge in [-0.1, -0.05) is 6.92 Å². The third kappa shape index (κ3) is 4.44. The highest BCUT2D eigenvalue weighted by Gasteiger charge is 2.33. The minimum atomic E-state index is -4.67. The van der Waals surface area contributed by atoms with Crippen molar-refractivity contribution < 1.29 is 35.1 Å². The average molecular weight is 436 g/mol. The van der Waals surface area contributed by atoms with Crippen molar-refractivity contribution in [1.82, 2.24) is 19.4 Å². The normalized spacial score (nSPS) is 12.7. The SMILES string of the molecule is CCS(=O)(=O)c1cc(OCC(F)F)cnc1-c1cn2cnc(C(F)(F)F)cc2n1. The topological polar surface area (TPSA) is 86.5 Å². The first-order valence-corrected chi connectivity index (χ1v) is 9.72. The largest absolute Gasteiger partial charge is 0.486 e. The summed E-state index contributed by atoms with van der Waals surface area (Å²) in [5.74, 6) is -0.515. The Morgan fingerprint density at radius 2 is 1.93 bits per heavy atom. The Morgan fingerprint density at radius 3 is 2.55 bits per heavy atom. The van der Waals surface area contributed by atoms with Gasteiger partial charge in [0.25, 0.3) is 6.43 Å². The molecule has 29 heavy (non-hydrogen) atoms. The van der Waals surface area contributed by atoms with Crippen LogP contribution >= 0.6 is 0 Å². The van der Waals surface area contributed by atoms with E-state index in [0.717, 1.165) is 18.6 Å². The molecule has 0 aromatic carbocycles. The maximum absolute atomic E-state index is 12.8. The number of ether oxygens (including phenoxy) is 1. The smallest absolute Gasteiger partial charge is 0.433 e. The maximum Gasteiger partial charge on any atom is 0.433 e. The molecule has 0 spiro atoms. The van der Waals surface area contributed by atoms with Gasteiger partial charge in [-0.05, 0) is 0 Å². The number of hydrogen-bond acceptors (Lipinski definition) is 6. The van der Waals surface area contributed by atoms with Gasteiger partial charge in [0.15, 0.2) is 9.84 Å². The minimum absolute atomic E-state index is 0.0291. The predicted octanol–water partition coefficient (Wildman–Crippen LogP) is 3.25. The lowest BCUT2D eigenvalue weighted by Gasteiger charge is -2.10. The molecule has 0 aliphatic rings.